The van der Waals surface area contributed by atoms with Gasteiger partial charge in [0, 0.05) is 0 Å². The van der Waals surface area contributed by atoms with Gasteiger partial charge in [-0.2, -0.15) is 0 Å². The van der Waals surface area contributed by atoms with Crippen LogP contribution in [0.3, 0.4) is 0 Å². The van der Waals surface area contributed by atoms with E-state index in [4.69, 9.17) is 0 Å². The topological polar surface area (TPSA) is 20.2 Å². The molecule has 0 heterocycles. The van der Waals surface area contributed by atoms with Crippen molar-refractivity contribution in [1.29, 1.82) is 0 Å². The molecule has 1 aliphatic carbocycles. The van der Waals surface area contributed by atoms with Crippen molar-refractivity contribution < 1.29 is 5.11 Å². The van der Waals surface area contributed by atoms with Gasteiger partial charge in [-0.25, -0.2) is 0 Å². The van der Waals surface area contributed by atoms with E-state index < -0.39 is 0 Å². The van der Waals surface area contributed by atoms with Gasteiger partial charge in [0.15, 0.2) is 0 Å². The van der Waals surface area contributed by atoms with E-state index in [9.17, 15) is 5.11 Å². The fourth-order valence-electron chi connectivity index (χ4n) is 3.28. The maximum absolute atomic E-state index is 10.2. The van der Waals surface area contributed by atoms with Crippen LogP contribution in [-0.2, 0) is 6.42 Å². The van der Waals surface area contributed by atoms with Gasteiger partial charge in [-0.3, -0.25) is 0 Å². The van der Waals surface area contributed by atoms with Crippen LogP contribution in [0.2, 0.25) is 0 Å². The molecule has 1 unspecified atom stereocenters. The van der Waals surface area contributed by atoms with Crippen molar-refractivity contribution in [1.82, 2.24) is 0 Å². The maximum atomic E-state index is 10.2. The monoisotopic (exact) mass is 260 g/mol. The summed E-state index contributed by atoms with van der Waals surface area (Å²) in [6.45, 7) is 4.26. The Kier molecular flexibility index (Phi) is 5.45. The second-order valence-corrected chi connectivity index (χ2v) is 6.37. The molecule has 0 aromatic heterocycles. The molecule has 1 saturated carbocycles. The average Bonchev–Trinajstić information content (AvgIpc) is 2.42. The van der Waals surface area contributed by atoms with Crippen LogP contribution >= 0.6 is 0 Å². The van der Waals surface area contributed by atoms with Crippen molar-refractivity contribution in [2.45, 2.75) is 71.3 Å². The van der Waals surface area contributed by atoms with Gasteiger partial charge in [-0.1, -0.05) is 55.9 Å². The number of aliphatic hydroxyl groups excluding tert-OH is 1. The van der Waals surface area contributed by atoms with Gasteiger partial charge in [0.2, 0.25) is 0 Å². The summed E-state index contributed by atoms with van der Waals surface area (Å²) >= 11 is 0. The zero-order chi connectivity index (χ0) is 13.7. The Morgan fingerprint density at radius 3 is 2.63 bits per heavy atom. The molecular weight excluding hydrogens is 232 g/mol. The predicted molar refractivity (Wildman–Crippen MR) is 81.4 cm³/mol. The number of hydrogen-bond donors (Lipinski definition) is 1. The zero-order valence-electron chi connectivity index (χ0n) is 12.5. The summed E-state index contributed by atoms with van der Waals surface area (Å²) in [5.41, 5.74) is 3.92. The van der Waals surface area contributed by atoms with Crippen molar-refractivity contribution >= 4 is 0 Å². The van der Waals surface area contributed by atoms with Gasteiger partial charge in [0.25, 0.3) is 0 Å². The number of hydrogen-bond acceptors (Lipinski definition) is 1. The molecule has 1 heteroatoms. The lowest BCUT2D eigenvalue weighted by molar-refractivity contribution is 0.149. The summed E-state index contributed by atoms with van der Waals surface area (Å²) in [6, 6.07) is 6.53. The molecule has 0 saturated heterocycles. The van der Waals surface area contributed by atoms with Crippen LogP contribution in [0.4, 0.5) is 0 Å². The Balaban J connectivity index is 1.80. The average molecular weight is 260 g/mol. The van der Waals surface area contributed by atoms with Crippen molar-refractivity contribution in [3.63, 3.8) is 0 Å². The Hall–Kier alpha value is -0.820. The molecule has 1 fully saturated rings. The molecule has 1 nitrogen and oxygen atoms in total. The Morgan fingerprint density at radius 2 is 1.89 bits per heavy atom. The molecular formula is C18H28O. The van der Waals surface area contributed by atoms with E-state index in [-0.39, 0.29) is 6.10 Å². The number of benzene rings is 1. The van der Waals surface area contributed by atoms with Gasteiger partial charge in [-0.15, -0.1) is 0 Å². The Bertz CT molecular complexity index is 391. The molecule has 0 amide bonds. The molecule has 2 rings (SSSR count). The van der Waals surface area contributed by atoms with Crippen molar-refractivity contribution in [3.8, 4) is 0 Å². The lowest BCUT2D eigenvalue weighted by Crippen LogP contribution is -2.15. The van der Waals surface area contributed by atoms with Crippen LogP contribution in [0, 0.1) is 19.8 Å². The summed E-state index contributed by atoms with van der Waals surface area (Å²) in [4.78, 5) is 0. The van der Waals surface area contributed by atoms with Crippen LogP contribution in [0.25, 0.3) is 0 Å². The minimum absolute atomic E-state index is 0.164. The molecule has 1 aromatic rings. The normalized spacial score (nSPS) is 18.5. The van der Waals surface area contributed by atoms with E-state index in [1.54, 1.807) is 0 Å². The SMILES string of the molecule is Cc1ccc(C)c(CC(O)CCC2CCCCC2)c1. The maximum Gasteiger partial charge on any atom is 0.0580 e. The highest BCUT2D eigenvalue weighted by Crippen LogP contribution is 2.28. The molecule has 106 valence electrons. The first kappa shape index (κ1) is 14.6. The lowest BCUT2D eigenvalue weighted by Gasteiger charge is -2.22. The molecule has 19 heavy (non-hydrogen) atoms. The third-order valence-electron chi connectivity index (χ3n) is 4.59. The van der Waals surface area contributed by atoms with Crippen molar-refractivity contribution in [3.05, 3.63) is 34.9 Å². The van der Waals surface area contributed by atoms with E-state index in [0.717, 1.165) is 18.8 Å². The highest BCUT2D eigenvalue weighted by Gasteiger charge is 2.15. The van der Waals surface area contributed by atoms with Gasteiger partial charge < -0.3 is 5.11 Å². The standard InChI is InChI=1S/C18H28O/c1-14-8-9-15(2)17(12-14)13-18(19)11-10-16-6-4-3-5-7-16/h8-9,12,16,18-19H,3-7,10-11,13H2,1-2H3. The van der Waals surface area contributed by atoms with Crippen molar-refractivity contribution in [2.24, 2.45) is 5.92 Å². The molecule has 1 atom stereocenters. The first-order valence-corrected chi connectivity index (χ1v) is 7.89. The first-order valence-electron chi connectivity index (χ1n) is 7.89. The minimum Gasteiger partial charge on any atom is -0.393 e. The number of rotatable bonds is 5. The summed E-state index contributed by atoms with van der Waals surface area (Å²) in [5, 5.41) is 10.2. The van der Waals surface area contributed by atoms with E-state index in [1.165, 1.54) is 55.2 Å². The smallest absolute Gasteiger partial charge is 0.0580 e. The highest BCUT2D eigenvalue weighted by molar-refractivity contribution is 5.30. The lowest BCUT2D eigenvalue weighted by atomic mass is 9.85. The van der Waals surface area contributed by atoms with Crippen LogP contribution in [0.15, 0.2) is 18.2 Å². The third kappa shape index (κ3) is 4.65. The van der Waals surface area contributed by atoms with E-state index in [1.807, 2.05) is 0 Å². The second kappa shape index (κ2) is 7.09. The van der Waals surface area contributed by atoms with E-state index in [0.29, 0.717) is 0 Å². The second-order valence-electron chi connectivity index (χ2n) is 6.37. The predicted octanol–water partition coefficient (Wildman–Crippen LogP) is 4.57. The van der Waals surface area contributed by atoms with Crippen LogP contribution in [0.1, 0.15) is 61.6 Å². The molecule has 1 aromatic carbocycles. The summed E-state index contributed by atoms with van der Waals surface area (Å²) in [7, 11) is 0. The molecule has 0 aliphatic heterocycles. The van der Waals surface area contributed by atoms with Gasteiger partial charge in [-0.05, 0) is 50.2 Å². The van der Waals surface area contributed by atoms with Gasteiger partial charge in [0.1, 0.15) is 0 Å². The quantitative estimate of drug-likeness (QED) is 0.822. The number of aryl methyl sites for hydroxylation is 2. The molecule has 0 bridgehead atoms. The molecule has 1 N–H and O–H groups in total. The number of aliphatic hydroxyl groups is 1. The molecule has 0 radical (unpaired) electrons. The van der Waals surface area contributed by atoms with Gasteiger partial charge in [0.05, 0.1) is 6.10 Å². The van der Waals surface area contributed by atoms with Crippen molar-refractivity contribution in [2.75, 3.05) is 0 Å². The third-order valence-corrected chi connectivity index (χ3v) is 4.59. The van der Waals surface area contributed by atoms with Crippen LogP contribution in [0.5, 0.6) is 0 Å². The Labute approximate surface area is 118 Å². The van der Waals surface area contributed by atoms with E-state index in [2.05, 4.69) is 32.0 Å². The fraction of sp³-hybridized carbons (Fsp3) is 0.667. The summed E-state index contributed by atoms with van der Waals surface area (Å²) in [6.07, 6.45) is 9.83. The van der Waals surface area contributed by atoms with Gasteiger partial charge >= 0.3 is 0 Å². The zero-order valence-corrected chi connectivity index (χ0v) is 12.5. The first-order chi connectivity index (χ1) is 9.15. The largest absolute Gasteiger partial charge is 0.393 e. The highest BCUT2D eigenvalue weighted by atomic mass is 16.3. The fourth-order valence-corrected chi connectivity index (χ4v) is 3.28. The van der Waals surface area contributed by atoms with Crippen LogP contribution < -0.4 is 0 Å². The Morgan fingerprint density at radius 1 is 1.16 bits per heavy atom. The summed E-state index contributed by atoms with van der Waals surface area (Å²) < 4.78 is 0. The molecule has 0 spiro atoms. The summed E-state index contributed by atoms with van der Waals surface area (Å²) in [5.74, 6) is 0.877. The minimum atomic E-state index is -0.164. The van der Waals surface area contributed by atoms with E-state index >= 15 is 0 Å². The molecule has 1 aliphatic rings. The van der Waals surface area contributed by atoms with Crippen LogP contribution in [-0.4, -0.2) is 11.2 Å².